The minimum Gasteiger partial charge on any atom is -0.487 e. The number of aromatic nitrogens is 4. The second-order valence-electron chi connectivity index (χ2n) is 9.21. The van der Waals surface area contributed by atoms with Crippen LogP contribution in [0.2, 0.25) is 0 Å². The van der Waals surface area contributed by atoms with Gasteiger partial charge in [-0.15, -0.1) is 0 Å². The van der Waals surface area contributed by atoms with Crippen LogP contribution in [0.15, 0.2) is 53.6 Å². The molecule has 3 aromatic heterocycles. The van der Waals surface area contributed by atoms with Crippen LogP contribution >= 0.6 is 0 Å². The molecule has 0 aliphatic carbocycles. The minimum atomic E-state index is -0.217. The third-order valence-electron chi connectivity index (χ3n) is 7.02. The molecule has 5 heterocycles. The minimum absolute atomic E-state index is 0.217. The molecule has 7 nitrogen and oxygen atoms in total. The quantitative estimate of drug-likeness (QED) is 0.522. The van der Waals surface area contributed by atoms with E-state index in [-0.39, 0.29) is 5.56 Å². The van der Waals surface area contributed by atoms with Gasteiger partial charge in [0, 0.05) is 60.2 Å². The first-order chi connectivity index (χ1) is 16.1. The summed E-state index contributed by atoms with van der Waals surface area (Å²) in [7, 11) is 2.14. The number of hydrogen-bond donors (Lipinski definition) is 1. The molecule has 1 fully saturated rings. The number of rotatable bonds is 4. The van der Waals surface area contributed by atoms with Gasteiger partial charge in [0.25, 0.3) is 5.56 Å². The molecule has 7 heteroatoms. The summed E-state index contributed by atoms with van der Waals surface area (Å²) >= 11 is 0. The van der Waals surface area contributed by atoms with E-state index in [1.54, 1.807) is 12.4 Å². The second-order valence-corrected chi connectivity index (χ2v) is 9.21. The number of ether oxygens (including phenoxy) is 1. The topological polar surface area (TPSA) is 74.0 Å². The van der Waals surface area contributed by atoms with E-state index in [0.29, 0.717) is 24.4 Å². The smallest absolute Gasteiger partial charge is 0.275 e. The Kier molecular flexibility index (Phi) is 4.80. The number of benzene rings is 1. The Hall–Kier alpha value is -3.45. The lowest BCUT2D eigenvalue weighted by atomic mass is 9.84. The summed E-state index contributed by atoms with van der Waals surface area (Å²) in [6.45, 7) is 2.29. The van der Waals surface area contributed by atoms with E-state index in [2.05, 4.69) is 39.1 Å². The first-order valence-electron chi connectivity index (χ1n) is 11.6. The van der Waals surface area contributed by atoms with Gasteiger partial charge in [0.1, 0.15) is 12.4 Å². The van der Waals surface area contributed by atoms with Gasteiger partial charge in [-0.2, -0.15) is 9.78 Å². The lowest BCUT2D eigenvalue weighted by molar-refractivity contribution is 0.299. The van der Waals surface area contributed by atoms with Crippen LogP contribution in [0.5, 0.6) is 5.75 Å². The number of nitrogens with one attached hydrogen (secondary N) is 1. The van der Waals surface area contributed by atoms with Crippen LogP contribution in [0.3, 0.4) is 0 Å². The van der Waals surface area contributed by atoms with Crippen molar-refractivity contribution in [1.82, 2.24) is 24.6 Å². The third-order valence-corrected chi connectivity index (χ3v) is 7.02. The van der Waals surface area contributed by atoms with Crippen LogP contribution in [-0.4, -0.2) is 25.4 Å². The molecule has 2 aliphatic heterocycles. The van der Waals surface area contributed by atoms with Gasteiger partial charge in [-0.3, -0.25) is 9.78 Å². The maximum Gasteiger partial charge on any atom is 0.275 e. The number of pyridine rings is 1. The van der Waals surface area contributed by atoms with Crippen molar-refractivity contribution in [2.45, 2.75) is 51.3 Å². The number of nitrogens with zero attached hydrogens (tertiary/aromatic N) is 4. The van der Waals surface area contributed by atoms with Crippen molar-refractivity contribution in [3.63, 3.8) is 0 Å². The molecule has 0 radical (unpaired) electrons. The van der Waals surface area contributed by atoms with Crippen molar-refractivity contribution in [3.8, 4) is 11.4 Å². The number of hydrogen-bond acceptors (Lipinski definition) is 5. The van der Waals surface area contributed by atoms with Crippen LogP contribution in [0.4, 0.5) is 0 Å². The summed E-state index contributed by atoms with van der Waals surface area (Å²) in [4.78, 5) is 17.1. The highest BCUT2D eigenvalue weighted by Crippen LogP contribution is 2.40. The van der Waals surface area contributed by atoms with E-state index in [0.717, 1.165) is 28.9 Å². The Morgan fingerprint density at radius 2 is 2.06 bits per heavy atom. The van der Waals surface area contributed by atoms with Gasteiger partial charge < -0.3 is 14.6 Å². The van der Waals surface area contributed by atoms with E-state index in [9.17, 15) is 4.79 Å². The van der Waals surface area contributed by atoms with Gasteiger partial charge in [-0.1, -0.05) is 12.1 Å². The van der Waals surface area contributed by atoms with Crippen molar-refractivity contribution in [2.75, 3.05) is 0 Å². The SMILES string of the molecule is Cc1ccc(COc2cnn(-c3ccc4c5c(n(C)c4c3)CC3CCCC5N3)c(=O)c2)cn1. The first-order valence-corrected chi connectivity index (χ1v) is 11.6. The summed E-state index contributed by atoms with van der Waals surface area (Å²) in [6.07, 6.45) is 8.15. The first kappa shape index (κ1) is 20.2. The highest BCUT2D eigenvalue weighted by atomic mass is 16.5. The number of piperidine rings is 1. The normalized spacial score (nSPS) is 19.5. The number of aryl methyl sites for hydroxylation is 2. The Morgan fingerprint density at radius 1 is 1.15 bits per heavy atom. The molecule has 2 bridgehead atoms. The average molecular weight is 442 g/mol. The van der Waals surface area contributed by atoms with E-state index in [1.807, 2.05) is 25.1 Å². The zero-order valence-corrected chi connectivity index (χ0v) is 18.9. The van der Waals surface area contributed by atoms with Crippen LogP contribution in [0.1, 0.15) is 47.8 Å². The monoisotopic (exact) mass is 441 g/mol. The van der Waals surface area contributed by atoms with Crippen LogP contribution in [0, 0.1) is 6.92 Å². The van der Waals surface area contributed by atoms with Gasteiger partial charge in [0.05, 0.1) is 17.4 Å². The molecule has 2 unspecified atom stereocenters. The van der Waals surface area contributed by atoms with Gasteiger partial charge in [-0.05, 0) is 49.9 Å². The Bertz CT molecular complexity index is 1400. The zero-order chi connectivity index (χ0) is 22.5. The van der Waals surface area contributed by atoms with E-state index in [4.69, 9.17) is 4.74 Å². The second kappa shape index (κ2) is 7.85. The molecule has 2 aliphatic rings. The van der Waals surface area contributed by atoms with Crippen molar-refractivity contribution in [2.24, 2.45) is 7.05 Å². The summed E-state index contributed by atoms with van der Waals surface area (Å²) in [5, 5.41) is 9.46. The molecule has 1 aromatic carbocycles. The highest BCUT2D eigenvalue weighted by molar-refractivity contribution is 5.88. The van der Waals surface area contributed by atoms with Crippen molar-refractivity contribution >= 4 is 10.9 Å². The van der Waals surface area contributed by atoms with Crippen molar-refractivity contribution < 1.29 is 4.74 Å². The van der Waals surface area contributed by atoms with Crippen LogP contribution < -0.4 is 15.6 Å². The fourth-order valence-electron chi connectivity index (χ4n) is 5.33. The molecule has 1 N–H and O–H groups in total. The fourth-order valence-corrected chi connectivity index (χ4v) is 5.33. The zero-order valence-electron chi connectivity index (χ0n) is 18.9. The third kappa shape index (κ3) is 3.53. The largest absolute Gasteiger partial charge is 0.487 e. The van der Waals surface area contributed by atoms with E-state index < -0.39 is 0 Å². The lowest BCUT2D eigenvalue weighted by Crippen LogP contribution is -2.42. The molecule has 4 aromatic rings. The molecule has 0 saturated carbocycles. The maximum absolute atomic E-state index is 12.9. The van der Waals surface area contributed by atoms with Crippen molar-refractivity contribution in [3.05, 3.63) is 81.7 Å². The maximum atomic E-state index is 12.9. The standard InChI is InChI=1S/C26H27N5O2/c1-16-6-7-17(13-27-16)15-33-20-12-25(32)31(28-14-20)19-8-9-21-23(11-19)30(2)24-10-18-4-3-5-22(29-18)26(21)24/h6-9,11-14,18,22,29H,3-5,10,15H2,1-2H3. The fraction of sp³-hybridized carbons (Fsp3) is 0.346. The van der Waals surface area contributed by atoms with E-state index >= 15 is 0 Å². The molecule has 0 spiro atoms. The van der Waals surface area contributed by atoms with Gasteiger partial charge in [-0.25, -0.2) is 0 Å². The molecule has 0 amide bonds. The Labute approximate surface area is 192 Å². The molecule has 1 saturated heterocycles. The lowest BCUT2D eigenvalue weighted by Gasteiger charge is -2.36. The molecule has 6 rings (SSSR count). The molecule has 33 heavy (non-hydrogen) atoms. The van der Waals surface area contributed by atoms with Crippen molar-refractivity contribution in [1.29, 1.82) is 0 Å². The Morgan fingerprint density at radius 3 is 2.88 bits per heavy atom. The van der Waals surface area contributed by atoms with Gasteiger partial charge in [0.2, 0.25) is 0 Å². The predicted molar refractivity (Wildman–Crippen MR) is 127 cm³/mol. The predicted octanol–water partition coefficient (Wildman–Crippen LogP) is 3.75. The molecule has 2 atom stereocenters. The van der Waals surface area contributed by atoms with Crippen LogP contribution in [-0.2, 0) is 20.1 Å². The molecular formula is C26H27N5O2. The summed E-state index contributed by atoms with van der Waals surface area (Å²) in [5.74, 6) is 0.450. The molecular weight excluding hydrogens is 414 g/mol. The van der Waals surface area contributed by atoms with Gasteiger partial charge in [0.15, 0.2) is 0 Å². The number of fused-ring (bicyclic) bond motifs is 6. The van der Waals surface area contributed by atoms with Crippen LogP contribution in [0.25, 0.3) is 16.6 Å². The Balaban J connectivity index is 1.30. The highest BCUT2D eigenvalue weighted by Gasteiger charge is 2.33. The summed E-state index contributed by atoms with van der Waals surface area (Å²) in [5.41, 5.74) is 6.45. The summed E-state index contributed by atoms with van der Waals surface area (Å²) < 4.78 is 9.50. The average Bonchev–Trinajstić information content (AvgIpc) is 3.10. The molecule has 168 valence electrons. The van der Waals surface area contributed by atoms with E-state index in [1.165, 1.54) is 46.7 Å². The van der Waals surface area contributed by atoms with Gasteiger partial charge >= 0.3 is 0 Å². The summed E-state index contributed by atoms with van der Waals surface area (Å²) in [6, 6.07) is 12.6.